The standard InChI is InChI=1S/C14H21N3O2/c1-12-4-2-5-13(15-12)14(19)17-7-3-6-16(8-9-17)10-11-18/h2,4-5,18H,3,6-11H2,1H3. The van der Waals surface area contributed by atoms with Gasteiger partial charge in [-0.25, -0.2) is 4.98 Å². The molecule has 0 bridgehead atoms. The highest BCUT2D eigenvalue weighted by molar-refractivity contribution is 5.92. The molecule has 1 aromatic heterocycles. The summed E-state index contributed by atoms with van der Waals surface area (Å²) in [5.74, 6) is 0.00884. The van der Waals surface area contributed by atoms with Gasteiger partial charge in [0.2, 0.25) is 0 Å². The first kappa shape index (κ1) is 14.0. The number of nitrogens with zero attached hydrogens (tertiary/aromatic N) is 3. The Morgan fingerprint density at radius 1 is 1.32 bits per heavy atom. The monoisotopic (exact) mass is 263 g/mol. The fraction of sp³-hybridized carbons (Fsp3) is 0.571. The summed E-state index contributed by atoms with van der Waals surface area (Å²) < 4.78 is 0. The van der Waals surface area contributed by atoms with Gasteiger partial charge in [0.15, 0.2) is 0 Å². The largest absolute Gasteiger partial charge is 0.395 e. The van der Waals surface area contributed by atoms with E-state index in [0.717, 1.165) is 31.7 Å². The van der Waals surface area contributed by atoms with Crippen LogP contribution in [0.4, 0.5) is 0 Å². The molecule has 0 atom stereocenters. The highest BCUT2D eigenvalue weighted by Gasteiger charge is 2.20. The molecule has 19 heavy (non-hydrogen) atoms. The number of rotatable bonds is 3. The number of aryl methyl sites for hydroxylation is 1. The van der Waals surface area contributed by atoms with E-state index in [9.17, 15) is 4.79 Å². The van der Waals surface area contributed by atoms with Crippen molar-refractivity contribution in [1.82, 2.24) is 14.8 Å². The molecule has 2 heterocycles. The van der Waals surface area contributed by atoms with Crippen molar-refractivity contribution in [3.63, 3.8) is 0 Å². The van der Waals surface area contributed by atoms with Gasteiger partial charge in [0.1, 0.15) is 5.69 Å². The third-order valence-electron chi connectivity index (χ3n) is 3.40. The fourth-order valence-electron chi connectivity index (χ4n) is 2.36. The van der Waals surface area contributed by atoms with Crippen molar-refractivity contribution in [2.75, 3.05) is 39.3 Å². The number of aromatic nitrogens is 1. The van der Waals surface area contributed by atoms with E-state index in [4.69, 9.17) is 5.11 Å². The highest BCUT2D eigenvalue weighted by Crippen LogP contribution is 2.08. The summed E-state index contributed by atoms with van der Waals surface area (Å²) in [4.78, 5) is 20.7. The molecule has 0 aromatic carbocycles. The summed E-state index contributed by atoms with van der Waals surface area (Å²) in [6.07, 6.45) is 0.942. The predicted molar refractivity (Wildman–Crippen MR) is 73.0 cm³/mol. The fourth-order valence-corrected chi connectivity index (χ4v) is 2.36. The molecular weight excluding hydrogens is 242 g/mol. The normalized spacial score (nSPS) is 17.3. The molecule has 0 saturated carbocycles. The van der Waals surface area contributed by atoms with Crippen LogP contribution in [0.3, 0.4) is 0 Å². The number of hydrogen-bond donors (Lipinski definition) is 1. The van der Waals surface area contributed by atoms with Crippen molar-refractivity contribution in [3.05, 3.63) is 29.6 Å². The van der Waals surface area contributed by atoms with Gasteiger partial charge in [-0.05, 0) is 32.0 Å². The van der Waals surface area contributed by atoms with Crippen molar-refractivity contribution in [3.8, 4) is 0 Å². The maximum Gasteiger partial charge on any atom is 0.272 e. The molecule has 1 fully saturated rings. The Labute approximate surface area is 113 Å². The second-order valence-electron chi connectivity index (χ2n) is 4.88. The van der Waals surface area contributed by atoms with E-state index in [2.05, 4.69) is 9.88 Å². The first-order valence-corrected chi connectivity index (χ1v) is 6.77. The second-order valence-corrected chi connectivity index (χ2v) is 4.88. The van der Waals surface area contributed by atoms with Gasteiger partial charge in [-0.1, -0.05) is 6.07 Å². The number of carbonyl (C=O) groups excluding carboxylic acids is 1. The Morgan fingerprint density at radius 2 is 2.16 bits per heavy atom. The first-order valence-electron chi connectivity index (χ1n) is 6.77. The SMILES string of the molecule is Cc1cccc(C(=O)N2CCCN(CCO)CC2)n1. The lowest BCUT2D eigenvalue weighted by molar-refractivity contribution is 0.0754. The molecule has 1 aromatic rings. The Morgan fingerprint density at radius 3 is 2.89 bits per heavy atom. The Bertz CT molecular complexity index is 436. The van der Waals surface area contributed by atoms with Gasteiger partial charge in [0.05, 0.1) is 6.61 Å². The molecule has 5 nitrogen and oxygen atoms in total. The van der Waals surface area contributed by atoms with Crippen LogP contribution < -0.4 is 0 Å². The van der Waals surface area contributed by atoms with Gasteiger partial charge in [-0.15, -0.1) is 0 Å². The minimum atomic E-state index is 0.00884. The molecule has 0 radical (unpaired) electrons. The van der Waals surface area contributed by atoms with Crippen molar-refractivity contribution < 1.29 is 9.90 Å². The first-order chi connectivity index (χ1) is 9.20. The van der Waals surface area contributed by atoms with Crippen LogP contribution in [0.25, 0.3) is 0 Å². The molecule has 1 aliphatic heterocycles. The number of hydrogen-bond acceptors (Lipinski definition) is 4. The van der Waals surface area contributed by atoms with Gasteiger partial charge >= 0.3 is 0 Å². The molecule has 1 aliphatic rings. The quantitative estimate of drug-likeness (QED) is 0.864. The van der Waals surface area contributed by atoms with Crippen LogP contribution in [-0.4, -0.2) is 65.1 Å². The molecule has 104 valence electrons. The van der Waals surface area contributed by atoms with Gasteiger partial charge in [0.25, 0.3) is 5.91 Å². The van der Waals surface area contributed by atoms with Crippen LogP contribution in [0, 0.1) is 6.92 Å². The number of β-amino-alcohol motifs (C(OH)–C–C–N with tert-alkyl or cyclic N) is 1. The van der Waals surface area contributed by atoms with E-state index >= 15 is 0 Å². The third kappa shape index (κ3) is 3.75. The minimum absolute atomic E-state index is 0.00884. The molecule has 0 unspecified atom stereocenters. The van der Waals surface area contributed by atoms with Gasteiger partial charge in [0, 0.05) is 31.9 Å². The lowest BCUT2D eigenvalue weighted by Crippen LogP contribution is -2.36. The smallest absolute Gasteiger partial charge is 0.272 e. The number of aliphatic hydroxyl groups excluding tert-OH is 1. The molecule has 0 aliphatic carbocycles. The molecular formula is C14H21N3O2. The van der Waals surface area contributed by atoms with Crippen LogP contribution in [0.2, 0.25) is 0 Å². The summed E-state index contributed by atoms with van der Waals surface area (Å²) in [5.41, 5.74) is 1.39. The Hall–Kier alpha value is -1.46. The maximum atomic E-state index is 12.4. The molecule has 1 saturated heterocycles. The summed E-state index contributed by atoms with van der Waals surface area (Å²) in [5, 5.41) is 8.96. The lowest BCUT2D eigenvalue weighted by atomic mass is 10.2. The summed E-state index contributed by atoms with van der Waals surface area (Å²) >= 11 is 0. The van der Waals surface area contributed by atoms with Gasteiger partial charge < -0.3 is 10.0 Å². The van der Waals surface area contributed by atoms with Gasteiger partial charge in [-0.3, -0.25) is 9.69 Å². The van der Waals surface area contributed by atoms with E-state index in [0.29, 0.717) is 18.8 Å². The molecule has 1 N–H and O–H groups in total. The average Bonchev–Trinajstić information content (AvgIpc) is 2.64. The Balaban J connectivity index is 2.00. The lowest BCUT2D eigenvalue weighted by Gasteiger charge is -2.21. The predicted octanol–water partition coefficient (Wildman–Crippen LogP) is 0.530. The molecule has 5 heteroatoms. The summed E-state index contributed by atoms with van der Waals surface area (Å²) in [6.45, 7) is 5.97. The van der Waals surface area contributed by atoms with Crippen LogP contribution in [0.5, 0.6) is 0 Å². The average molecular weight is 263 g/mol. The van der Waals surface area contributed by atoms with Crippen molar-refractivity contribution in [2.24, 2.45) is 0 Å². The Kier molecular flexibility index (Phi) is 4.87. The topological polar surface area (TPSA) is 56.7 Å². The maximum absolute atomic E-state index is 12.4. The highest BCUT2D eigenvalue weighted by atomic mass is 16.3. The van der Waals surface area contributed by atoms with E-state index in [1.165, 1.54) is 0 Å². The van der Waals surface area contributed by atoms with E-state index < -0.39 is 0 Å². The zero-order valence-electron chi connectivity index (χ0n) is 11.4. The molecule has 2 rings (SSSR count). The van der Waals surface area contributed by atoms with Crippen LogP contribution in [0.15, 0.2) is 18.2 Å². The minimum Gasteiger partial charge on any atom is -0.395 e. The molecule has 0 spiro atoms. The third-order valence-corrected chi connectivity index (χ3v) is 3.40. The summed E-state index contributed by atoms with van der Waals surface area (Å²) in [6, 6.07) is 5.53. The second kappa shape index (κ2) is 6.63. The van der Waals surface area contributed by atoms with Crippen molar-refractivity contribution in [1.29, 1.82) is 0 Å². The van der Waals surface area contributed by atoms with Crippen molar-refractivity contribution in [2.45, 2.75) is 13.3 Å². The summed E-state index contributed by atoms with van der Waals surface area (Å²) in [7, 11) is 0. The number of carbonyl (C=O) groups is 1. The van der Waals surface area contributed by atoms with Crippen LogP contribution in [-0.2, 0) is 0 Å². The van der Waals surface area contributed by atoms with Crippen LogP contribution in [0.1, 0.15) is 22.6 Å². The zero-order chi connectivity index (χ0) is 13.7. The number of aliphatic hydroxyl groups is 1. The van der Waals surface area contributed by atoms with E-state index in [-0.39, 0.29) is 12.5 Å². The van der Waals surface area contributed by atoms with Gasteiger partial charge in [-0.2, -0.15) is 0 Å². The molecule has 1 amide bonds. The van der Waals surface area contributed by atoms with E-state index in [1.807, 2.05) is 24.0 Å². The number of amides is 1. The van der Waals surface area contributed by atoms with E-state index in [1.54, 1.807) is 6.07 Å². The number of pyridine rings is 1. The van der Waals surface area contributed by atoms with Crippen molar-refractivity contribution >= 4 is 5.91 Å². The zero-order valence-corrected chi connectivity index (χ0v) is 11.4. The van der Waals surface area contributed by atoms with Crippen LogP contribution >= 0.6 is 0 Å².